The predicted octanol–water partition coefficient (Wildman–Crippen LogP) is 4.69. The monoisotopic (exact) mass is 303 g/mol. The molecule has 2 heteroatoms. The highest BCUT2D eigenvalue weighted by atomic mass is 35.5. The van der Waals surface area contributed by atoms with Gasteiger partial charge in [0.25, 0.3) is 0 Å². The number of rotatable bonds is 4. The van der Waals surface area contributed by atoms with Gasteiger partial charge in [-0.05, 0) is 80.4 Å². The molecule has 3 aliphatic carbocycles. The van der Waals surface area contributed by atoms with Gasteiger partial charge in [-0.2, -0.15) is 0 Å². The smallest absolute Gasteiger partial charge is 0.0408 e. The Kier molecular flexibility index (Phi) is 3.75. The minimum absolute atomic E-state index is 0.549. The molecule has 3 saturated carbocycles. The van der Waals surface area contributed by atoms with Gasteiger partial charge in [0.2, 0.25) is 0 Å². The van der Waals surface area contributed by atoms with Crippen molar-refractivity contribution in [2.45, 2.75) is 57.5 Å². The number of benzene rings is 1. The molecule has 1 aromatic carbocycles. The van der Waals surface area contributed by atoms with Crippen molar-refractivity contribution >= 4 is 11.6 Å². The molecular weight excluding hydrogens is 278 g/mol. The summed E-state index contributed by atoms with van der Waals surface area (Å²) in [6.07, 6.45) is 8.56. The molecule has 1 N–H and O–H groups in total. The molecule has 0 saturated heterocycles. The SMILES string of the molecule is CC(Cc1cccc(Cl)c1)NC1CC2CC1C1CCCC21. The molecule has 1 aromatic rings. The van der Waals surface area contributed by atoms with Crippen LogP contribution in [0.1, 0.15) is 44.6 Å². The number of hydrogen-bond acceptors (Lipinski definition) is 1. The lowest BCUT2D eigenvalue weighted by Crippen LogP contribution is -2.44. The van der Waals surface area contributed by atoms with E-state index in [-0.39, 0.29) is 0 Å². The largest absolute Gasteiger partial charge is 0.311 e. The molecule has 2 bridgehead atoms. The van der Waals surface area contributed by atoms with Crippen molar-refractivity contribution in [3.05, 3.63) is 34.9 Å². The summed E-state index contributed by atoms with van der Waals surface area (Å²) in [7, 11) is 0. The van der Waals surface area contributed by atoms with Gasteiger partial charge < -0.3 is 5.32 Å². The zero-order valence-electron chi connectivity index (χ0n) is 12.9. The van der Waals surface area contributed by atoms with E-state index in [4.69, 9.17) is 11.6 Å². The molecule has 3 fully saturated rings. The minimum Gasteiger partial charge on any atom is -0.311 e. The summed E-state index contributed by atoms with van der Waals surface area (Å²) >= 11 is 6.09. The Hall–Kier alpha value is -0.530. The van der Waals surface area contributed by atoms with Crippen molar-refractivity contribution in [2.24, 2.45) is 23.7 Å². The summed E-state index contributed by atoms with van der Waals surface area (Å²) in [5.41, 5.74) is 1.35. The van der Waals surface area contributed by atoms with Gasteiger partial charge in [0.1, 0.15) is 0 Å². The van der Waals surface area contributed by atoms with Crippen LogP contribution in [0.4, 0.5) is 0 Å². The van der Waals surface area contributed by atoms with Gasteiger partial charge in [-0.3, -0.25) is 0 Å². The second-order valence-corrected chi connectivity index (χ2v) is 8.10. The summed E-state index contributed by atoms with van der Waals surface area (Å²) < 4.78 is 0. The van der Waals surface area contributed by atoms with Crippen molar-refractivity contribution in [1.29, 1.82) is 0 Å². The molecular formula is C19H26ClN. The number of nitrogens with one attached hydrogen (secondary N) is 1. The minimum atomic E-state index is 0.549. The van der Waals surface area contributed by atoms with Crippen molar-refractivity contribution in [3.8, 4) is 0 Å². The summed E-state index contributed by atoms with van der Waals surface area (Å²) in [6, 6.07) is 9.65. The maximum absolute atomic E-state index is 6.09. The van der Waals surface area contributed by atoms with E-state index in [1.807, 2.05) is 6.07 Å². The highest BCUT2D eigenvalue weighted by Crippen LogP contribution is 2.58. The standard InChI is InChI=1S/C19H26ClN/c1-12(8-13-4-2-5-15(20)9-13)21-19-11-14-10-18(19)17-7-3-6-16(14)17/h2,4-5,9,12,14,16-19,21H,3,6-8,10-11H2,1H3. The average Bonchev–Trinajstić information content (AvgIpc) is 3.09. The summed E-state index contributed by atoms with van der Waals surface area (Å²) in [6.45, 7) is 2.33. The van der Waals surface area contributed by atoms with Gasteiger partial charge in [-0.1, -0.05) is 30.2 Å². The summed E-state index contributed by atoms with van der Waals surface area (Å²) in [4.78, 5) is 0. The average molecular weight is 304 g/mol. The molecule has 4 rings (SSSR count). The maximum Gasteiger partial charge on any atom is 0.0408 e. The second-order valence-electron chi connectivity index (χ2n) is 7.66. The van der Waals surface area contributed by atoms with E-state index in [2.05, 4.69) is 30.4 Å². The van der Waals surface area contributed by atoms with E-state index in [0.29, 0.717) is 6.04 Å². The topological polar surface area (TPSA) is 12.0 Å². The summed E-state index contributed by atoms with van der Waals surface area (Å²) in [5, 5.41) is 4.80. The molecule has 21 heavy (non-hydrogen) atoms. The van der Waals surface area contributed by atoms with Gasteiger partial charge in [0.05, 0.1) is 0 Å². The van der Waals surface area contributed by atoms with Crippen LogP contribution in [0.25, 0.3) is 0 Å². The van der Waals surface area contributed by atoms with Gasteiger partial charge >= 0.3 is 0 Å². The van der Waals surface area contributed by atoms with E-state index < -0.39 is 0 Å². The third-order valence-corrected chi connectivity index (χ3v) is 6.59. The van der Waals surface area contributed by atoms with E-state index >= 15 is 0 Å². The first kappa shape index (κ1) is 14.1. The molecule has 0 spiro atoms. The van der Waals surface area contributed by atoms with Crippen LogP contribution in [-0.4, -0.2) is 12.1 Å². The Balaban J connectivity index is 1.36. The molecule has 3 aliphatic rings. The van der Waals surface area contributed by atoms with Crippen LogP contribution in [0.5, 0.6) is 0 Å². The molecule has 0 aliphatic heterocycles. The molecule has 1 nitrogen and oxygen atoms in total. The van der Waals surface area contributed by atoms with Crippen molar-refractivity contribution in [2.75, 3.05) is 0 Å². The van der Waals surface area contributed by atoms with Crippen LogP contribution in [0.3, 0.4) is 0 Å². The van der Waals surface area contributed by atoms with Crippen molar-refractivity contribution in [1.82, 2.24) is 5.32 Å². The fourth-order valence-corrected chi connectivity index (χ4v) is 5.91. The lowest BCUT2D eigenvalue weighted by Gasteiger charge is -2.34. The second kappa shape index (κ2) is 5.59. The van der Waals surface area contributed by atoms with E-state index in [1.54, 1.807) is 0 Å². The van der Waals surface area contributed by atoms with Crippen LogP contribution in [0, 0.1) is 23.7 Å². The van der Waals surface area contributed by atoms with Crippen LogP contribution in [0.15, 0.2) is 24.3 Å². The first-order valence-electron chi connectivity index (χ1n) is 8.71. The third-order valence-electron chi connectivity index (χ3n) is 6.36. The van der Waals surface area contributed by atoms with Crippen LogP contribution in [-0.2, 0) is 6.42 Å². The van der Waals surface area contributed by atoms with Gasteiger partial charge in [0.15, 0.2) is 0 Å². The van der Waals surface area contributed by atoms with Gasteiger partial charge in [0, 0.05) is 17.1 Å². The normalized spacial score (nSPS) is 38.7. The van der Waals surface area contributed by atoms with E-state index in [1.165, 1.54) is 37.7 Å². The quantitative estimate of drug-likeness (QED) is 0.851. The van der Waals surface area contributed by atoms with Crippen molar-refractivity contribution in [3.63, 3.8) is 0 Å². The third kappa shape index (κ3) is 2.64. The summed E-state index contributed by atoms with van der Waals surface area (Å²) in [5.74, 6) is 4.17. The van der Waals surface area contributed by atoms with Crippen LogP contribution >= 0.6 is 11.6 Å². The Bertz CT molecular complexity index is 514. The Labute approximate surface area is 133 Å². The zero-order chi connectivity index (χ0) is 14.4. The van der Waals surface area contributed by atoms with Crippen molar-refractivity contribution < 1.29 is 0 Å². The molecule has 6 unspecified atom stereocenters. The number of halogens is 1. The molecule has 0 heterocycles. The Morgan fingerprint density at radius 2 is 2.05 bits per heavy atom. The predicted molar refractivity (Wildman–Crippen MR) is 88.6 cm³/mol. The fraction of sp³-hybridized carbons (Fsp3) is 0.684. The number of fused-ring (bicyclic) bond motifs is 5. The molecule has 0 amide bonds. The molecule has 0 aromatic heterocycles. The molecule has 114 valence electrons. The van der Waals surface area contributed by atoms with Gasteiger partial charge in [-0.25, -0.2) is 0 Å². The fourth-order valence-electron chi connectivity index (χ4n) is 5.70. The Morgan fingerprint density at radius 3 is 2.90 bits per heavy atom. The lowest BCUT2D eigenvalue weighted by atomic mass is 9.79. The Morgan fingerprint density at radius 1 is 1.19 bits per heavy atom. The highest BCUT2D eigenvalue weighted by Gasteiger charge is 2.53. The maximum atomic E-state index is 6.09. The first-order chi connectivity index (χ1) is 10.2. The first-order valence-corrected chi connectivity index (χ1v) is 9.09. The zero-order valence-corrected chi connectivity index (χ0v) is 13.7. The molecule has 6 atom stereocenters. The molecule has 0 radical (unpaired) electrons. The van der Waals surface area contributed by atoms with E-state index in [9.17, 15) is 0 Å². The van der Waals surface area contributed by atoms with Crippen LogP contribution in [0.2, 0.25) is 5.02 Å². The van der Waals surface area contributed by atoms with Gasteiger partial charge in [-0.15, -0.1) is 0 Å². The number of hydrogen-bond donors (Lipinski definition) is 1. The van der Waals surface area contributed by atoms with E-state index in [0.717, 1.165) is 41.2 Å². The lowest BCUT2D eigenvalue weighted by molar-refractivity contribution is 0.199. The highest BCUT2D eigenvalue weighted by molar-refractivity contribution is 6.30. The van der Waals surface area contributed by atoms with Crippen LogP contribution < -0.4 is 5.32 Å².